The number of benzene rings is 1. The number of nitrogens with zero attached hydrogens (tertiary/aromatic N) is 7. The van der Waals surface area contributed by atoms with Crippen molar-refractivity contribution in [1.29, 1.82) is 0 Å². The van der Waals surface area contributed by atoms with Gasteiger partial charge in [0, 0.05) is 54.9 Å². The van der Waals surface area contributed by atoms with E-state index >= 15 is 0 Å². The molecule has 0 unspecified atom stereocenters. The van der Waals surface area contributed by atoms with Gasteiger partial charge in [-0.2, -0.15) is 5.10 Å². The Bertz CT molecular complexity index is 1190. The van der Waals surface area contributed by atoms with Crippen LogP contribution in [-0.4, -0.2) is 61.4 Å². The standard InChI is InChI=1S/C23H29ClFN7O/c1-5-31-21(23(27-28-31)19-7-6-17(24)10-20(19)25)14-32-22(33)11-18(12-26-32)29-8-9-30(15(2)3)16(4)13-29/h6-7,10-12,15-16H,5,8-9,13-14H2,1-4H3/t16-/m0/s1. The molecule has 0 bridgehead atoms. The zero-order chi connectivity index (χ0) is 23.7. The summed E-state index contributed by atoms with van der Waals surface area (Å²) in [6, 6.07) is 6.92. The lowest BCUT2D eigenvalue weighted by Gasteiger charge is -2.42. The van der Waals surface area contributed by atoms with Crippen LogP contribution in [0.2, 0.25) is 5.02 Å². The van der Waals surface area contributed by atoms with Crippen molar-refractivity contribution >= 4 is 17.3 Å². The van der Waals surface area contributed by atoms with Crippen LogP contribution in [-0.2, 0) is 13.1 Å². The molecule has 1 atom stereocenters. The van der Waals surface area contributed by atoms with E-state index in [0.29, 0.717) is 35.0 Å². The van der Waals surface area contributed by atoms with Gasteiger partial charge in [0.05, 0.1) is 24.1 Å². The van der Waals surface area contributed by atoms with Crippen LogP contribution in [0.15, 0.2) is 35.3 Å². The number of anilines is 1. The minimum Gasteiger partial charge on any atom is -0.367 e. The maximum atomic E-state index is 14.6. The van der Waals surface area contributed by atoms with Crippen LogP contribution in [0, 0.1) is 5.82 Å². The van der Waals surface area contributed by atoms with Crippen molar-refractivity contribution in [3.05, 3.63) is 57.3 Å². The first kappa shape index (κ1) is 23.4. The normalized spacial score (nSPS) is 17.2. The maximum Gasteiger partial charge on any atom is 0.269 e. The number of hydrogen-bond acceptors (Lipinski definition) is 6. The Morgan fingerprint density at radius 2 is 2.00 bits per heavy atom. The van der Waals surface area contributed by atoms with E-state index in [1.54, 1.807) is 29.1 Å². The summed E-state index contributed by atoms with van der Waals surface area (Å²) in [4.78, 5) is 17.6. The fourth-order valence-corrected chi connectivity index (χ4v) is 4.62. The summed E-state index contributed by atoms with van der Waals surface area (Å²) in [7, 11) is 0. The first-order valence-electron chi connectivity index (χ1n) is 11.2. The third-order valence-electron chi connectivity index (χ3n) is 6.19. The topological polar surface area (TPSA) is 72.1 Å². The molecule has 0 N–H and O–H groups in total. The molecule has 4 rings (SSSR count). The molecule has 1 aromatic carbocycles. The van der Waals surface area contributed by atoms with Gasteiger partial charge in [0.25, 0.3) is 5.56 Å². The van der Waals surface area contributed by atoms with Crippen LogP contribution in [0.25, 0.3) is 11.3 Å². The molecule has 1 fully saturated rings. The van der Waals surface area contributed by atoms with Crippen LogP contribution in [0.4, 0.5) is 10.1 Å². The fraction of sp³-hybridized carbons (Fsp3) is 0.478. The smallest absolute Gasteiger partial charge is 0.269 e. The minimum absolute atomic E-state index is 0.134. The molecule has 1 saturated heterocycles. The molecule has 10 heteroatoms. The Kier molecular flexibility index (Phi) is 6.81. The molecule has 3 heterocycles. The van der Waals surface area contributed by atoms with Crippen molar-refractivity contribution in [3.8, 4) is 11.3 Å². The number of piperazine rings is 1. The van der Waals surface area contributed by atoms with E-state index in [0.717, 1.165) is 25.3 Å². The van der Waals surface area contributed by atoms with Gasteiger partial charge in [-0.1, -0.05) is 16.8 Å². The van der Waals surface area contributed by atoms with E-state index in [4.69, 9.17) is 11.6 Å². The predicted octanol–water partition coefficient (Wildman–Crippen LogP) is 3.28. The van der Waals surface area contributed by atoms with E-state index in [1.807, 2.05) is 6.92 Å². The summed E-state index contributed by atoms with van der Waals surface area (Å²) in [6.07, 6.45) is 1.72. The largest absolute Gasteiger partial charge is 0.367 e. The highest BCUT2D eigenvalue weighted by Gasteiger charge is 2.26. The zero-order valence-corrected chi connectivity index (χ0v) is 20.1. The summed E-state index contributed by atoms with van der Waals surface area (Å²) in [5, 5.41) is 13.0. The molecule has 2 aromatic heterocycles. The van der Waals surface area contributed by atoms with Crippen molar-refractivity contribution in [2.24, 2.45) is 0 Å². The first-order valence-corrected chi connectivity index (χ1v) is 11.6. The molecule has 0 radical (unpaired) electrons. The average molecular weight is 474 g/mol. The van der Waals surface area contributed by atoms with E-state index in [1.165, 1.54) is 10.7 Å². The van der Waals surface area contributed by atoms with Crippen molar-refractivity contribution in [2.75, 3.05) is 24.5 Å². The van der Waals surface area contributed by atoms with E-state index < -0.39 is 5.82 Å². The van der Waals surface area contributed by atoms with E-state index in [2.05, 4.69) is 46.0 Å². The lowest BCUT2D eigenvalue weighted by atomic mass is 10.1. The molecular weight excluding hydrogens is 445 g/mol. The Morgan fingerprint density at radius 1 is 1.21 bits per heavy atom. The van der Waals surface area contributed by atoms with Gasteiger partial charge < -0.3 is 4.90 Å². The maximum absolute atomic E-state index is 14.6. The highest BCUT2D eigenvalue weighted by Crippen LogP contribution is 2.27. The summed E-state index contributed by atoms with van der Waals surface area (Å²) in [5.41, 5.74) is 1.87. The number of aromatic nitrogens is 5. The lowest BCUT2D eigenvalue weighted by molar-refractivity contribution is 0.148. The Balaban J connectivity index is 1.60. The van der Waals surface area contributed by atoms with Gasteiger partial charge in [0.2, 0.25) is 0 Å². The molecular formula is C23H29ClFN7O. The molecule has 8 nitrogen and oxygen atoms in total. The average Bonchev–Trinajstić information content (AvgIpc) is 3.17. The predicted molar refractivity (Wildman–Crippen MR) is 127 cm³/mol. The van der Waals surface area contributed by atoms with E-state index in [-0.39, 0.29) is 17.7 Å². The second-order valence-corrected chi connectivity index (χ2v) is 9.10. The van der Waals surface area contributed by atoms with Gasteiger partial charge in [-0.05, 0) is 45.9 Å². The van der Waals surface area contributed by atoms with Crippen LogP contribution < -0.4 is 10.5 Å². The summed E-state index contributed by atoms with van der Waals surface area (Å²) >= 11 is 5.90. The van der Waals surface area contributed by atoms with Crippen molar-refractivity contribution in [1.82, 2.24) is 29.7 Å². The van der Waals surface area contributed by atoms with Gasteiger partial charge in [0.15, 0.2) is 0 Å². The molecule has 3 aromatic rings. The fourth-order valence-electron chi connectivity index (χ4n) is 4.47. The van der Waals surface area contributed by atoms with Crippen molar-refractivity contribution < 1.29 is 4.39 Å². The first-order chi connectivity index (χ1) is 15.8. The molecule has 1 aliphatic rings. The van der Waals surface area contributed by atoms with E-state index in [9.17, 15) is 9.18 Å². The van der Waals surface area contributed by atoms with Crippen LogP contribution in [0.3, 0.4) is 0 Å². The highest BCUT2D eigenvalue weighted by atomic mass is 35.5. The van der Waals surface area contributed by atoms with Crippen molar-refractivity contribution in [3.63, 3.8) is 0 Å². The van der Waals surface area contributed by atoms with Gasteiger partial charge >= 0.3 is 0 Å². The minimum atomic E-state index is -0.489. The Morgan fingerprint density at radius 3 is 2.64 bits per heavy atom. The number of rotatable bonds is 6. The van der Waals surface area contributed by atoms with Crippen LogP contribution in [0.1, 0.15) is 33.4 Å². The van der Waals surface area contributed by atoms with Gasteiger partial charge in [-0.3, -0.25) is 9.69 Å². The summed E-state index contributed by atoms with van der Waals surface area (Å²) in [5.74, 6) is -0.489. The van der Waals surface area contributed by atoms with Crippen LogP contribution in [0.5, 0.6) is 0 Å². The third-order valence-corrected chi connectivity index (χ3v) is 6.42. The quantitative estimate of drug-likeness (QED) is 0.547. The number of hydrogen-bond donors (Lipinski definition) is 0. The van der Waals surface area contributed by atoms with Gasteiger partial charge in [0.1, 0.15) is 11.5 Å². The number of halogens is 2. The van der Waals surface area contributed by atoms with Crippen LogP contribution >= 0.6 is 11.6 Å². The lowest BCUT2D eigenvalue weighted by Crippen LogP contribution is -2.54. The number of aryl methyl sites for hydroxylation is 1. The molecule has 0 aliphatic carbocycles. The third kappa shape index (κ3) is 4.79. The zero-order valence-electron chi connectivity index (χ0n) is 19.4. The van der Waals surface area contributed by atoms with Gasteiger partial charge in [-0.15, -0.1) is 5.10 Å². The molecule has 0 amide bonds. The van der Waals surface area contributed by atoms with Crippen molar-refractivity contribution in [2.45, 2.75) is 52.9 Å². The Hall–Kier alpha value is -2.78. The highest BCUT2D eigenvalue weighted by molar-refractivity contribution is 6.30. The molecule has 1 aliphatic heterocycles. The summed E-state index contributed by atoms with van der Waals surface area (Å²) < 4.78 is 17.6. The molecule has 176 valence electrons. The molecule has 33 heavy (non-hydrogen) atoms. The SMILES string of the molecule is CCn1nnc(-c2ccc(Cl)cc2F)c1Cn1ncc(N2CCN(C(C)C)[C@@H](C)C2)cc1=O. The Labute approximate surface area is 197 Å². The second-order valence-electron chi connectivity index (χ2n) is 8.66. The molecule has 0 saturated carbocycles. The van der Waals surface area contributed by atoms with Gasteiger partial charge in [-0.25, -0.2) is 13.8 Å². The second kappa shape index (κ2) is 9.61. The summed E-state index contributed by atoms with van der Waals surface area (Å²) in [6.45, 7) is 11.8. The molecule has 0 spiro atoms. The monoisotopic (exact) mass is 473 g/mol.